The van der Waals surface area contributed by atoms with E-state index in [0.29, 0.717) is 19.6 Å². The lowest BCUT2D eigenvalue weighted by atomic mass is 10.1. The fourth-order valence-corrected chi connectivity index (χ4v) is 2.13. The molecule has 0 spiro atoms. The Kier molecular flexibility index (Phi) is 3.75. The summed E-state index contributed by atoms with van der Waals surface area (Å²) in [4.78, 5) is 24.0. The van der Waals surface area contributed by atoms with Crippen LogP contribution in [0.4, 0.5) is 10.1 Å². The third-order valence-corrected chi connectivity index (χ3v) is 3.04. The number of nitrogens with zero attached hydrogens (tertiary/aromatic N) is 2. The Hall–Kier alpha value is -2.02. The second-order valence-electron chi connectivity index (χ2n) is 4.52. The molecule has 19 heavy (non-hydrogen) atoms. The summed E-state index contributed by atoms with van der Waals surface area (Å²) in [6, 6.07) is 3.04. The normalized spacial score (nSPS) is 19.3. The highest BCUT2D eigenvalue weighted by molar-refractivity contribution is 5.98. The number of nitro groups is 1. The summed E-state index contributed by atoms with van der Waals surface area (Å²) in [5, 5.41) is 14.0. The molecule has 1 aliphatic rings. The first-order valence-corrected chi connectivity index (χ1v) is 5.95. The van der Waals surface area contributed by atoms with E-state index in [1.165, 1.54) is 4.90 Å². The molecule has 1 heterocycles. The van der Waals surface area contributed by atoms with Crippen LogP contribution in [-0.2, 0) is 0 Å². The number of nitrogens with one attached hydrogen (secondary N) is 1. The molecule has 1 saturated heterocycles. The molecule has 7 heteroatoms. The van der Waals surface area contributed by atoms with Crippen molar-refractivity contribution < 1.29 is 14.1 Å². The maximum atomic E-state index is 13.2. The lowest BCUT2D eigenvalue weighted by molar-refractivity contribution is -0.385. The van der Waals surface area contributed by atoms with Gasteiger partial charge in [-0.25, -0.2) is 4.39 Å². The molecule has 102 valence electrons. The maximum absolute atomic E-state index is 13.2. The summed E-state index contributed by atoms with van der Waals surface area (Å²) in [7, 11) is 0. The summed E-state index contributed by atoms with van der Waals surface area (Å²) in [6.07, 6.45) is 0. The minimum Gasteiger partial charge on any atom is -0.336 e. The molecular formula is C12H14FN3O3. The number of nitro benzene ring substituents is 1. The SMILES string of the molecule is C[C@H]1CN(C(=O)c2cc(F)ccc2[N+](=O)[O-])CCN1. The van der Waals surface area contributed by atoms with Gasteiger partial charge < -0.3 is 10.2 Å². The lowest BCUT2D eigenvalue weighted by Crippen LogP contribution is -2.51. The van der Waals surface area contributed by atoms with E-state index in [0.717, 1.165) is 18.2 Å². The molecule has 1 atom stereocenters. The van der Waals surface area contributed by atoms with Crippen LogP contribution >= 0.6 is 0 Å². The minimum absolute atomic E-state index is 0.116. The number of carbonyl (C=O) groups excluding carboxylic acids is 1. The highest BCUT2D eigenvalue weighted by atomic mass is 19.1. The van der Waals surface area contributed by atoms with Gasteiger partial charge in [0, 0.05) is 31.7 Å². The smallest absolute Gasteiger partial charge is 0.282 e. The zero-order valence-corrected chi connectivity index (χ0v) is 10.4. The van der Waals surface area contributed by atoms with Crippen molar-refractivity contribution in [1.82, 2.24) is 10.2 Å². The van der Waals surface area contributed by atoms with Gasteiger partial charge in [0.15, 0.2) is 0 Å². The van der Waals surface area contributed by atoms with E-state index in [-0.39, 0.29) is 17.3 Å². The van der Waals surface area contributed by atoms with E-state index in [4.69, 9.17) is 0 Å². The number of rotatable bonds is 2. The van der Waals surface area contributed by atoms with Crippen molar-refractivity contribution in [1.29, 1.82) is 0 Å². The van der Waals surface area contributed by atoms with Gasteiger partial charge in [-0.05, 0) is 19.1 Å². The standard InChI is InChI=1S/C12H14FN3O3/c1-8-7-15(5-4-14-8)12(17)10-6-9(13)2-3-11(10)16(18)19/h2-3,6,8,14H,4-5,7H2,1H3/t8-/m0/s1. The summed E-state index contributed by atoms with van der Waals surface area (Å²) < 4.78 is 13.2. The number of amides is 1. The molecule has 1 aromatic carbocycles. The third-order valence-electron chi connectivity index (χ3n) is 3.04. The zero-order chi connectivity index (χ0) is 14.0. The van der Waals surface area contributed by atoms with Crippen molar-refractivity contribution in [2.75, 3.05) is 19.6 Å². The van der Waals surface area contributed by atoms with E-state index in [1.807, 2.05) is 6.92 Å². The predicted molar refractivity (Wildman–Crippen MR) is 66.4 cm³/mol. The first kappa shape index (κ1) is 13.4. The topological polar surface area (TPSA) is 75.5 Å². The van der Waals surface area contributed by atoms with Gasteiger partial charge in [0.25, 0.3) is 11.6 Å². The lowest BCUT2D eigenvalue weighted by Gasteiger charge is -2.31. The number of piperazine rings is 1. The van der Waals surface area contributed by atoms with Crippen LogP contribution in [0.1, 0.15) is 17.3 Å². The molecular weight excluding hydrogens is 253 g/mol. The molecule has 1 amide bonds. The highest BCUT2D eigenvalue weighted by Gasteiger charge is 2.27. The average molecular weight is 267 g/mol. The van der Waals surface area contributed by atoms with Gasteiger partial charge in [0.1, 0.15) is 11.4 Å². The van der Waals surface area contributed by atoms with Crippen molar-refractivity contribution in [3.63, 3.8) is 0 Å². The van der Waals surface area contributed by atoms with Crippen molar-refractivity contribution in [2.24, 2.45) is 0 Å². The van der Waals surface area contributed by atoms with Crippen molar-refractivity contribution in [2.45, 2.75) is 13.0 Å². The predicted octanol–water partition coefficient (Wildman–Crippen LogP) is 1.17. The number of halogens is 1. The van der Waals surface area contributed by atoms with Gasteiger partial charge >= 0.3 is 0 Å². The second-order valence-corrected chi connectivity index (χ2v) is 4.52. The number of benzene rings is 1. The number of carbonyl (C=O) groups is 1. The summed E-state index contributed by atoms with van der Waals surface area (Å²) in [6.45, 7) is 3.44. The molecule has 1 fully saturated rings. The Balaban J connectivity index is 2.32. The van der Waals surface area contributed by atoms with Crippen LogP contribution in [0.25, 0.3) is 0 Å². The molecule has 1 aromatic rings. The largest absolute Gasteiger partial charge is 0.336 e. The van der Waals surface area contributed by atoms with Crippen LogP contribution in [-0.4, -0.2) is 41.4 Å². The first-order valence-electron chi connectivity index (χ1n) is 5.95. The van der Waals surface area contributed by atoms with E-state index in [9.17, 15) is 19.3 Å². The van der Waals surface area contributed by atoms with Crippen LogP contribution in [0.2, 0.25) is 0 Å². The Labute approximate surface area is 109 Å². The third kappa shape index (κ3) is 2.87. The molecule has 0 unspecified atom stereocenters. The molecule has 0 saturated carbocycles. The fraction of sp³-hybridized carbons (Fsp3) is 0.417. The van der Waals surface area contributed by atoms with Crippen LogP contribution in [0.15, 0.2) is 18.2 Å². The molecule has 0 radical (unpaired) electrons. The zero-order valence-electron chi connectivity index (χ0n) is 10.4. The van der Waals surface area contributed by atoms with Crippen LogP contribution < -0.4 is 5.32 Å². The van der Waals surface area contributed by atoms with Crippen LogP contribution in [0, 0.1) is 15.9 Å². The Morgan fingerprint density at radius 1 is 1.58 bits per heavy atom. The van der Waals surface area contributed by atoms with Crippen molar-refractivity contribution in [3.8, 4) is 0 Å². The Morgan fingerprint density at radius 2 is 2.32 bits per heavy atom. The summed E-state index contributed by atoms with van der Waals surface area (Å²) in [5.41, 5.74) is -0.559. The fourth-order valence-electron chi connectivity index (χ4n) is 2.13. The molecule has 0 bridgehead atoms. The monoisotopic (exact) mass is 267 g/mol. The first-order chi connectivity index (χ1) is 8.99. The van der Waals surface area contributed by atoms with E-state index < -0.39 is 16.6 Å². The highest BCUT2D eigenvalue weighted by Crippen LogP contribution is 2.21. The van der Waals surface area contributed by atoms with Gasteiger partial charge in [-0.1, -0.05) is 0 Å². The number of hydrogen-bond donors (Lipinski definition) is 1. The van der Waals surface area contributed by atoms with Crippen LogP contribution in [0.3, 0.4) is 0 Å². The maximum Gasteiger partial charge on any atom is 0.282 e. The molecule has 0 aliphatic carbocycles. The summed E-state index contributed by atoms with van der Waals surface area (Å²) >= 11 is 0. The van der Waals surface area contributed by atoms with Crippen molar-refractivity contribution >= 4 is 11.6 Å². The Morgan fingerprint density at radius 3 is 2.95 bits per heavy atom. The number of hydrogen-bond acceptors (Lipinski definition) is 4. The van der Waals surface area contributed by atoms with Crippen molar-refractivity contribution in [3.05, 3.63) is 39.7 Å². The average Bonchev–Trinajstić information content (AvgIpc) is 2.37. The molecule has 1 N–H and O–H groups in total. The second kappa shape index (κ2) is 5.31. The molecule has 6 nitrogen and oxygen atoms in total. The van der Waals surface area contributed by atoms with Gasteiger partial charge in [-0.2, -0.15) is 0 Å². The molecule has 0 aromatic heterocycles. The minimum atomic E-state index is -0.668. The van der Waals surface area contributed by atoms with E-state index >= 15 is 0 Å². The quantitative estimate of drug-likeness (QED) is 0.644. The van der Waals surface area contributed by atoms with Gasteiger partial charge in [0.05, 0.1) is 4.92 Å². The van der Waals surface area contributed by atoms with E-state index in [1.54, 1.807) is 0 Å². The van der Waals surface area contributed by atoms with Crippen LogP contribution in [0.5, 0.6) is 0 Å². The Bertz CT molecular complexity index is 521. The molecule has 2 rings (SSSR count). The summed E-state index contributed by atoms with van der Waals surface area (Å²) in [5.74, 6) is -1.16. The molecule has 1 aliphatic heterocycles. The van der Waals surface area contributed by atoms with Gasteiger partial charge in [0.2, 0.25) is 0 Å². The van der Waals surface area contributed by atoms with E-state index in [2.05, 4.69) is 5.32 Å². The van der Waals surface area contributed by atoms with Gasteiger partial charge in [-0.15, -0.1) is 0 Å². The van der Waals surface area contributed by atoms with Gasteiger partial charge in [-0.3, -0.25) is 14.9 Å².